The number of aromatic nitrogens is 2. The average Bonchev–Trinajstić information content (AvgIpc) is 1.95. The van der Waals surface area contributed by atoms with Gasteiger partial charge in [-0.1, -0.05) is 11.6 Å². The molecule has 0 aliphatic rings. The van der Waals surface area contributed by atoms with Crippen molar-refractivity contribution in [2.75, 3.05) is 11.1 Å². The molecule has 0 aliphatic heterocycles. The van der Waals surface area contributed by atoms with Gasteiger partial charge in [0.15, 0.2) is 0 Å². The second kappa shape index (κ2) is 4.52. The lowest BCUT2D eigenvalue weighted by molar-refractivity contribution is -0.118. The lowest BCUT2D eigenvalue weighted by Gasteiger charge is -2.25. The number of hydrogen-bond acceptors (Lipinski definition) is 5. The third-order valence-electron chi connectivity index (χ3n) is 1.79. The number of nitrogens with two attached hydrogens (primary N) is 2. The molecule has 5 N–H and O–H groups in total. The number of nitrogen functional groups attached to an aromatic ring is 1. The minimum atomic E-state index is -0.518. The Hall–Kier alpha value is -1.56. The first-order valence-corrected chi connectivity index (χ1v) is 5.03. The van der Waals surface area contributed by atoms with E-state index in [0.717, 1.165) is 0 Å². The molecule has 0 aliphatic carbocycles. The Morgan fingerprint density at radius 3 is 2.69 bits per heavy atom. The molecule has 0 unspecified atom stereocenters. The molecule has 0 saturated heterocycles. The molecule has 0 aromatic carbocycles. The summed E-state index contributed by atoms with van der Waals surface area (Å²) in [4.78, 5) is 18.5. The van der Waals surface area contributed by atoms with Gasteiger partial charge in [-0.3, -0.25) is 4.79 Å². The second-order valence-electron chi connectivity index (χ2n) is 4.09. The first-order valence-electron chi connectivity index (χ1n) is 4.65. The summed E-state index contributed by atoms with van der Waals surface area (Å²) in [5.41, 5.74) is 10.1. The lowest BCUT2D eigenvalue weighted by atomic mass is 10.0. The number of carbonyl (C=O) groups excluding carboxylic acids is 1. The van der Waals surface area contributed by atoms with Crippen LogP contribution in [0, 0.1) is 0 Å². The standard InChI is InChI=1S/C9H14ClN5O/c1-9(2,4-6(11)16)15-7-3-5(10)13-8(12)14-7/h3H,4H2,1-2H3,(H2,11,16)(H3,12,13,14,15). The van der Waals surface area contributed by atoms with Gasteiger partial charge in [0.05, 0.1) is 0 Å². The predicted octanol–water partition coefficient (Wildman–Crippen LogP) is 0.778. The second-order valence-corrected chi connectivity index (χ2v) is 4.47. The highest BCUT2D eigenvalue weighted by Crippen LogP contribution is 2.19. The molecule has 1 heterocycles. The molecule has 0 saturated carbocycles. The minimum absolute atomic E-state index is 0.0740. The van der Waals surface area contributed by atoms with Gasteiger partial charge in [-0.05, 0) is 13.8 Å². The van der Waals surface area contributed by atoms with Crippen molar-refractivity contribution in [2.45, 2.75) is 25.8 Å². The van der Waals surface area contributed by atoms with Gasteiger partial charge in [-0.15, -0.1) is 0 Å². The predicted molar refractivity (Wildman–Crippen MR) is 63.0 cm³/mol. The molecule has 1 aromatic rings. The van der Waals surface area contributed by atoms with Gasteiger partial charge in [-0.2, -0.15) is 4.98 Å². The molecular weight excluding hydrogens is 230 g/mol. The van der Waals surface area contributed by atoms with Gasteiger partial charge in [0.2, 0.25) is 11.9 Å². The number of hydrogen-bond donors (Lipinski definition) is 3. The summed E-state index contributed by atoms with van der Waals surface area (Å²) < 4.78 is 0. The average molecular weight is 244 g/mol. The zero-order valence-corrected chi connectivity index (χ0v) is 9.88. The van der Waals surface area contributed by atoms with Crippen molar-refractivity contribution in [3.05, 3.63) is 11.2 Å². The zero-order chi connectivity index (χ0) is 12.3. The summed E-state index contributed by atoms with van der Waals surface area (Å²) >= 11 is 5.72. The Morgan fingerprint density at radius 2 is 2.19 bits per heavy atom. The number of primary amides is 1. The SMILES string of the molecule is CC(C)(CC(N)=O)Nc1cc(Cl)nc(N)n1. The monoisotopic (exact) mass is 243 g/mol. The summed E-state index contributed by atoms with van der Waals surface area (Å²) in [6.07, 6.45) is 0.175. The van der Waals surface area contributed by atoms with Crippen LogP contribution in [0.1, 0.15) is 20.3 Å². The minimum Gasteiger partial charge on any atom is -0.370 e. The maximum Gasteiger partial charge on any atom is 0.223 e. The summed E-state index contributed by atoms with van der Waals surface area (Å²) in [5, 5.41) is 3.26. The van der Waals surface area contributed by atoms with E-state index in [1.54, 1.807) is 0 Å². The Bertz CT molecular complexity index is 387. The molecule has 1 amide bonds. The molecule has 88 valence electrons. The van der Waals surface area contributed by atoms with Gasteiger partial charge in [0, 0.05) is 18.0 Å². The Balaban J connectivity index is 2.83. The Labute approximate surface area is 98.4 Å². The van der Waals surface area contributed by atoms with Crippen LogP contribution in [0.2, 0.25) is 5.15 Å². The number of halogens is 1. The van der Waals surface area contributed by atoms with Crippen LogP contribution in [0.15, 0.2) is 6.07 Å². The Morgan fingerprint density at radius 1 is 1.56 bits per heavy atom. The highest BCUT2D eigenvalue weighted by atomic mass is 35.5. The molecule has 0 spiro atoms. The normalized spacial score (nSPS) is 11.2. The number of anilines is 2. The number of nitrogens with one attached hydrogen (secondary N) is 1. The van der Waals surface area contributed by atoms with Crippen LogP contribution in [0.25, 0.3) is 0 Å². The van der Waals surface area contributed by atoms with E-state index in [-0.39, 0.29) is 17.5 Å². The molecule has 1 aromatic heterocycles. The molecule has 0 radical (unpaired) electrons. The van der Waals surface area contributed by atoms with Gasteiger partial charge in [-0.25, -0.2) is 4.98 Å². The smallest absolute Gasteiger partial charge is 0.223 e. The van der Waals surface area contributed by atoms with Crippen LogP contribution < -0.4 is 16.8 Å². The van der Waals surface area contributed by atoms with Gasteiger partial charge in [0.1, 0.15) is 11.0 Å². The summed E-state index contributed by atoms with van der Waals surface area (Å²) in [7, 11) is 0. The van der Waals surface area contributed by atoms with Gasteiger partial charge in [0.25, 0.3) is 0 Å². The maximum absolute atomic E-state index is 10.8. The molecule has 7 heteroatoms. The lowest BCUT2D eigenvalue weighted by Crippen LogP contribution is -2.36. The molecule has 0 fully saturated rings. The van der Waals surface area contributed by atoms with E-state index >= 15 is 0 Å². The van der Waals surface area contributed by atoms with Crippen LogP contribution in [0.5, 0.6) is 0 Å². The highest BCUT2D eigenvalue weighted by Gasteiger charge is 2.21. The van der Waals surface area contributed by atoms with E-state index in [1.807, 2.05) is 13.8 Å². The van der Waals surface area contributed by atoms with Crippen molar-refractivity contribution in [1.82, 2.24) is 9.97 Å². The summed E-state index contributed by atoms with van der Waals surface area (Å²) in [5.74, 6) is 0.138. The third-order valence-corrected chi connectivity index (χ3v) is 1.99. The van der Waals surface area contributed by atoms with E-state index < -0.39 is 11.4 Å². The molecule has 16 heavy (non-hydrogen) atoms. The molecular formula is C9H14ClN5O. The number of nitrogens with zero attached hydrogens (tertiary/aromatic N) is 2. The molecule has 6 nitrogen and oxygen atoms in total. The number of rotatable bonds is 4. The molecule has 1 rings (SSSR count). The number of carbonyl (C=O) groups is 1. The van der Waals surface area contributed by atoms with Gasteiger partial charge < -0.3 is 16.8 Å². The maximum atomic E-state index is 10.8. The van der Waals surface area contributed by atoms with Crippen LogP contribution in [-0.4, -0.2) is 21.4 Å². The zero-order valence-electron chi connectivity index (χ0n) is 9.12. The number of amides is 1. The quantitative estimate of drug-likeness (QED) is 0.678. The van der Waals surface area contributed by atoms with Crippen LogP contribution in [0.4, 0.5) is 11.8 Å². The van der Waals surface area contributed by atoms with E-state index in [9.17, 15) is 4.79 Å². The van der Waals surface area contributed by atoms with Crippen molar-refractivity contribution in [3.63, 3.8) is 0 Å². The summed E-state index contributed by atoms with van der Waals surface area (Å²) in [6, 6.07) is 1.53. The third kappa shape index (κ3) is 3.90. The Kier molecular flexibility index (Phi) is 3.54. The molecule has 0 bridgehead atoms. The first kappa shape index (κ1) is 12.5. The van der Waals surface area contributed by atoms with E-state index in [2.05, 4.69) is 15.3 Å². The first-order chi connectivity index (χ1) is 7.28. The van der Waals surface area contributed by atoms with Crippen LogP contribution >= 0.6 is 11.6 Å². The summed E-state index contributed by atoms with van der Waals surface area (Å²) in [6.45, 7) is 3.65. The van der Waals surface area contributed by atoms with E-state index in [0.29, 0.717) is 5.82 Å². The van der Waals surface area contributed by atoms with Crippen molar-refractivity contribution < 1.29 is 4.79 Å². The largest absolute Gasteiger partial charge is 0.370 e. The van der Waals surface area contributed by atoms with Gasteiger partial charge >= 0.3 is 0 Å². The van der Waals surface area contributed by atoms with E-state index in [1.165, 1.54) is 6.07 Å². The van der Waals surface area contributed by atoms with Crippen LogP contribution in [0.3, 0.4) is 0 Å². The van der Waals surface area contributed by atoms with Crippen molar-refractivity contribution in [1.29, 1.82) is 0 Å². The molecule has 0 atom stereocenters. The van der Waals surface area contributed by atoms with Crippen molar-refractivity contribution >= 4 is 29.3 Å². The topological polar surface area (TPSA) is 107 Å². The fourth-order valence-electron chi connectivity index (χ4n) is 1.33. The fourth-order valence-corrected chi connectivity index (χ4v) is 1.52. The highest BCUT2D eigenvalue weighted by molar-refractivity contribution is 6.29. The fraction of sp³-hybridized carbons (Fsp3) is 0.444. The van der Waals surface area contributed by atoms with E-state index in [4.69, 9.17) is 23.1 Å². The van der Waals surface area contributed by atoms with Crippen molar-refractivity contribution in [2.24, 2.45) is 5.73 Å². The van der Waals surface area contributed by atoms with Crippen LogP contribution in [-0.2, 0) is 4.79 Å². The van der Waals surface area contributed by atoms with Crippen molar-refractivity contribution in [3.8, 4) is 0 Å².